The van der Waals surface area contributed by atoms with Gasteiger partial charge in [-0.05, 0) is 41.9 Å². The highest BCUT2D eigenvalue weighted by atomic mass is 79.9. The van der Waals surface area contributed by atoms with E-state index in [-0.39, 0.29) is 12.6 Å². The first kappa shape index (κ1) is 15.5. The molecule has 0 fully saturated rings. The Morgan fingerprint density at radius 3 is 2.67 bits per heavy atom. The Labute approximate surface area is 123 Å². The Morgan fingerprint density at radius 2 is 2.11 bits per heavy atom. The van der Waals surface area contributed by atoms with Crippen LogP contribution in [0.1, 0.15) is 19.4 Å². The fourth-order valence-electron chi connectivity index (χ4n) is 1.42. The average Bonchev–Trinajstić information content (AvgIpc) is 2.22. The van der Waals surface area contributed by atoms with E-state index in [9.17, 15) is 4.79 Å². The van der Waals surface area contributed by atoms with E-state index in [0.29, 0.717) is 6.54 Å². The number of hydrogen-bond acceptors (Lipinski definition) is 3. The van der Waals surface area contributed by atoms with E-state index in [0.717, 1.165) is 20.3 Å². The van der Waals surface area contributed by atoms with Crippen molar-refractivity contribution in [3.8, 4) is 5.75 Å². The van der Waals surface area contributed by atoms with Crippen LogP contribution < -0.4 is 10.1 Å². The number of carboxylic acid groups (broad SMARTS) is 1. The van der Waals surface area contributed by atoms with Crippen molar-refractivity contribution in [2.45, 2.75) is 26.5 Å². The van der Waals surface area contributed by atoms with E-state index in [1.165, 1.54) is 0 Å². The maximum atomic E-state index is 10.5. The first-order chi connectivity index (χ1) is 8.40. The van der Waals surface area contributed by atoms with Crippen LogP contribution in [-0.4, -0.2) is 23.7 Å². The summed E-state index contributed by atoms with van der Waals surface area (Å²) in [7, 11) is 0. The zero-order valence-electron chi connectivity index (χ0n) is 10.2. The van der Waals surface area contributed by atoms with Gasteiger partial charge in [0.15, 0.2) is 0 Å². The zero-order valence-corrected chi connectivity index (χ0v) is 13.3. The molecule has 0 bridgehead atoms. The second-order valence-corrected chi connectivity index (χ2v) is 5.81. The fraction of sp³-hybridized carbons (Fsp3) is 0.417. The van der Waals surface area contributed by atoms with Gasteiger partial charge in [0, 0.05) is 16.6 Å². The van der Waals surface area contributed by atoms with E-state index < -0.39 is 5.97 Å². The van der Waals surface area contributed by atoms with Gasteiger partial charge in [-0.15, -0.1) is 0 Å². The molecule has 0 atom stereocenters. The predicted octanol–water partition coefficient (Wildman–Crippen LogP) is 3.17. The van der Waals surface area contributed by atoms with Gasteiger partial charge in [-0.25, -0.2) is 0 Å². The van der Waals surface area contributed by atoms with Crippen LogP contribution >= 0.6 is 31.9 Å². The molecule has 2 N–H and O–H groups in total. The number of rotatable bonds is 6. The van der Waals surface area contributed by atoms with E-state index in [4.69, 9.17) is 9.84 Å². The van der Waals surface area contributed by atoms with E-state index in [2.05, 4.69) is 37.2 Å². The number of nitrogens with one attached hydrogen (secondary N) is 1. The second-order valence-electron chi connectivity index (χ2n) is 4.04. The van der Waals surface area contributed by atoms with Gasteiger partial charge in [-0.3, -0.25) is 4.79 Å². The standard InChI is InChI=1S/C12H15Br2NO3/c1-7(2)18-12-8(5-15-6-11(16)17)3-9(13)4-10(12)14/h3-4,7,15H,5-6H2,1-2H3,(H,16,17). The van der Waals surface area contributed by atoms with Gasteiger partial charge in [0.25, 0.3) is 0 Å². The Kier molecular flexibility index (Phi) is 6.11. The molecular weight excluding hydrogens is 366 g/mol. The summed E-state index contributed by atoms with van der Waals surface area (Å²) in [6.07, 6.45) is 0.0562. The van der Waals surface area contributed by atoms with Crippen LogP contribution in [0.4, 0.5) is 0 Å². The number of benzene rings is 1. The van der Waals surface area contributed by atoms with Crippen LogP contribution in [0.5, 0.6) is 5.75 Å². The predicted molar refractivity (Wildman–Crippen MR) is 76.9 cm³/mol. The molecule has 0 aromatic heterocycles. The summed E-state index contributed by atoms with van der Waals surface area (Å²) in [6, 6.07) is 3.82. The molecule has 0 aliphatic heterocycles. The minimum absolute atomic E-state index is 0.0562. The second kappa shape index (κ2) is 7.11. The van der Waals surface area contributed by atoms with Gasteiger partial charge < -0.3 is 15.2 Å². The maximum absolute atomic E-state index is 10.5. The molecule has 0 aliphatic carbocycles. The quantitative estimate of drug-likeness (QED) is 0.795. The minimum atomic E-state index is -0.879. The topological polar surface area (TPSA) is 58.6 Å². The van der Waals surface area contributed by atoms with Gasteiger partial charge in [-0.2, -0.15) is 0 Å². The first-order valence-corrected chi connectivity index (χ1v) is 7.06. The summed E-state index contributed by atoms with van der Waals surface area (Å²) >= 11 is 6.85. The molecule has 0 spiro atoms. The van der Waals surface area contributed by atoms with Gasteiger partial charge in [0.1, 0.15) is 5.75 Å². The summed E-state index contributed by atoms with van der Waals surface area (Å²) in [5.74, 6) is -0.138. The van der Waals surface area contributed by atoms with Crippen LogP contribution in [0.2, 0.25) is 0 Å². The minimum Gasteiger partial charge on any atom is -0.489 e. The van der Waals surface area contributed by atoms with Crippen molar-refractivity contribution < 1.29 is 14.6 Å². The third kappa shape index (κ3) is 4.96. The molecule has 0 amide bonds. The number of carbonyl (C=O) groups is 1. The summed E-state index contributed by atoms with van der Waals surface area (Å²) in [4.78, 5) is 10.5. The number of ether oxygens (including phenoxy) is 1. The largest absolute Gasteiger partial charge is 0.489 e. The molecule has 0 saturated carbocycles. The third-order valence-corrected chi connectivity index (χ3v) is 3.08. The average molecular weight is 381 g/mol. The van der Waals surface area contributed by atoms with Crippen LogP contribution in [0, 0.1) is 0 Å². The Bertz CT molecular complexity index is 436. The molecule has 100 valence electrons. The van der Waals surface area contributed by atoms with Crippen molar-refractivity contribution in [3.63, 3.8) is 0 Å². The molecule has 18 heavy (non-hydrogen) atoms. The number of carboxylic acids is 1. The van der Waals surface area contributed by atoms with Gasteiger partial charge >= 0.3 is 5.97 Å². The smallest absolute Gasteiger partial charge is 0.317 e. The van der Waals surface area contributed by atoms with Crippen molar-refractivity contribution in [2.75, 3.05) is 6.54 Å². The lowest BCUT2D eigenvalue weighted by Gasteiger charge is -2.16. The molecular formula is C12H15Br2NO3. The Hall–Kier alpha value is -0.590. The lowest BCUT2D eigenvalue weighted by atomic mass is 10.2. The zero-order chi connectivity index (χ0) is 13.7. The SMILES string of the molecule is CC(C)Oc1c(Br)cc(Br)cc1CNCC(=O)O. The maximum Gasteiger partial charge on any atom is 0.317 e. The lowest BCUT2D eigenvalue weighted by molar-refractivity contribution is -0.136. The summed E-state index contributed by atoms with van der Waals surface area (Å²) in [5.41, 5.74) is 0.909. The summed E-state index contributed by atoms with van der Waals surface area (Å²) in [5, 5.41) is 11.5. The molecule has 1 rings (SSSR count). The van der Waals surface area contributed by atoms with Crippen LogP contribution in [0.3, 0.4) is 0 Å². The van der Waals surface area contributed by atoms with E-state index in [1.807, 2.05) is 26.0 Å². The lowest BCUT2D eigenvalue weighted by Crippen LogP contribution is -2.22. The van der Waals surface area contributed by atoms with Gasteiger partial charge in [0.2, 0.25) is 0 Å². The highest BCUT2D eigenvalue weighted by molar-refractivity contribution is 9.11. The highest BCUT2D eigenvalue weighted by Gasteiger charge is 2.12. The highest BCUT2D eigenvalue weighted by Crippen LogP contribution is 2.33. The molecule has 0 heterocycles. The molecule has 0 unspecified atom stereocenters. The normalized spacial score (nSPS) is 10.7. The van der Waals surface area contributed by atoms with Crippen molar-refractivity contribution in [3.05, 3.63) is 26.6 Å². The van der Waals surface area contributed by atoms with Crippen molar-refractivity contribution >= 4 is 37.8 Å². The Balaban J connectivity index is 2.88. The summed E-state index contributed by atoms with van der Waals surface area (Å²) in [6.45, 7) is 4.25. The number of halogens is 2. The molecule has 4 nitrogen and oxygen atoms in total. The molecule has 1 aromatic carbocycles. The third-order valence-electron chi connectivity index (χ3n) is 2.03. The first-order valence-electron chi connectivity index (χ1n) is 5.47. The number of hydrogen-bond donors (Lipinski definition) is 2. The molecule has 6 heteroatoms. The van der Waals surface area contributed by atoms with Crippen molar-refractivity contribution in [1.29, 1.82) is 0 Å². The van der Waals surface area contributed by atoms with Crippen LogP contribution in [0.15, 0.2) is 21.1 Å². The van der Waals surface area contributed by atoms with E-state index in [1.54, 1.807) is 0 Å². The van der Waals surface area contributed by atoms with E-state index >= 15 is 0 Å². The van der Waals surface area contributed by atoms with Crippen LogP contribution in [0.25, 0.3) is 0 Å². The molecule has 0 saturated heterocycles. The van der Waals surface area contributed by atoms with Gasteiger partial charge in [-0.1, -0.05) is 15.9 Å². The van der Waals surface area contributed by atoms with Gasteiger partial charge in [0.05, 0.1) is 17.1 Å². The Morgan fingerprint density at radius 1 is 1.44 bits per heavy atom. The van der Waals surface area contributed by atoms with Crippen molar-refractivity contribution in [2.24, 2.45) is 0 Å². The van der Waals surface area contributed by atoms with Crippen molar-refractivity contribution in [1.82, 2.24) is 5.32 Å². The van der Waals surface area contributed by atoms with Crippen LogP contribution in [-0.2, 0) is 11.3 Å². The fourth-order valence-corrected chi connectivity index (χ4v) is 2.82. The molecule has 0 radical (unpaired) electrons. The monoisotopic (exact) mass is 379 g/mol. The molecule has 0 aliphatic rings. The number of aliphatic carboxylic acids is 1. The molecule has 1 aromatic rings. The summed E-state index contributed by atoms with van der Waals surface area (Å²) < 4.78 is 7.49.